The molecule has 2 aromatic carbocycles. The van der Waals surface area contributed by atoms with Crippen LogP contribution >= 0.6 is 12.2 Å². The van der Waals surface area contributed by atoms with Crippen LogP contribution < -0.4 is 10.1 Å². The number of rotatable bonds is 6. The van der Waals surface area contributed by atoms with Gasteiger partial charge in [-0.3, -0.25) is 14.5 Å². The Labute approximate surface area is 163 Å². The highest BCUT2D eigenvalue weighted by Gasteiger charge is 2.12. The molecule has 3 rings (SSSR count). The summed E-state index contributed by atoms with van der Waals surface area (Å²) in [4.78, 5) is 12.4. The molecule has 0 saturated carbocycles. The summed E-state index contributed by atoms with van der Waals surface area (Å²) in [7, 11) is 1.58. The largest absolute Gasteiger partial charge is 0.495 e. The lowest BCUT2D eigenvalue weighted by molar-refractivity contribution is -0.116. The molecule has 0 atom stereocenters. The van der Waals surface area contributed by atoms with Crippen LogP contribution in [-0.2, 0) is 11.3 Å². The van der Waals surface area contributed by atoms with Gasteiger partial charge in [0.15, 0.2) is 10.6 Å². The van der Waals surface area contributed by atoms with Crippen molar-refractivity contribution in [3.05, 3.63) is 58.4 Å². The van der Waals surface area contributed by atoms with Gasteiger partial charge in [0, 0.05) is 18.5 Å². The van der Waals surface area contributed by atoms with Crippen LogP contribution in [0.1, 0.15) is 17.5 Å². The molecule has 7 heteroatoms. The van der Waals surface area contributed by atoms with Gasteiger partial charge in [-0.25, -0.2) is 0 Å². The van der Waals surface area contributed by atoms with Gasteiger partial charge < -0.3 is 10.1 Å². The molecule has 1 aromatic heterocycles. The Hall–Kier alpha value is -2.93. The van der Waals surface area contributed by atoms with E-state index in [0.717, 1.165) is 17.0 Å². The molecule has 0 aliphatic heterocycles. The molecule has 3 aromatic rings. The Morgan fingerprint density at radius 2 is 1.89 bits per heavy atom. The zero-order chi connectivity index (χ0) is 19.4. The van der Waals surface area contributed by atoms with Crippen molar-refractivity contribution in [2.45, 2.75) is 26.8 Å². The van der Waals surface area contributed by atoms with Crippen molar-refractivity contribution in [3.8, 4) is 17.1 Å². The number of ether oxygens (including phenoxy) is 1. The monoisotopic (exact) mass is 382 g/mol. The van der Waals surface area contributed by atoms with Crippen LogP contribution in [0.25, 0.3) is 11.4 Å². The summed E-state index contributed by atoms with van der Waals surface area (Å²) in [5, 5.41) is 10.0. The van der Waals surface area contributed by atoms with E-state index in [1.165, 1.54) is 5.56 Å². The molecule has 0 bridgehead atoms. The van der Waals surface area contributed by atoms with E-state index >= 15 is 0 Å². The second-order valence-corrected chi connectivity index (χ2v) is 6.76. The first-order chi connectivity index (χ1) is 13.0. The second kappa shape index (κ2) is 8.18. The first kappa shape index (κ1) is 18.8. The van der Waals surface area contributed by atoms with Gasteiger partial charge in [0.2, 0.25) is 5.91 Å². The van der Waals surface area contributed by atoms with Gasteiger partial charge in [0.1, 0.15) is 5.75 Å². The van der Waals surface area contributed by atoms with Crippen molar-refractivity contribution in [1.82, 2.24) is 14.8 Å². The van der Waals surface area contributed by atoms with Crippen LogP contribution in [0.3, 0.4) is 0 Å². The van der Waals surface area contributed by atoms with Gasteiger partial charge in [0.25, 0.3) is 0 Å². The average Bonchev–Trinajstić information content (AvgIpc) is 3.01. The molecule has 2 N–H and O–H groups in total. The minimum atomic E-state index is -0.114. The summed E-state index contributed by atoms with van der Waals surface area (Å²) in [6.45, 7) is 4.43. The number of H-pyrrole nitrogens is 1. The van der Waals surface area contributed by atoms with Gasteiger partial charge in [-0.1, -0.05) is 35.9 Å². The molecule has 1 heterocycles. The van der Waals surface area contributed by atoms with Crippen molar-refractivity contribution in [2.24, 2.45) is 0 Å². The standard InChI is InChI=1S/C20H22N4O2S/c1-13-4-7-15(8-5-13)19-22-23-20(27)24(19)11-10-18(25)21-16-12-14(2)6-9-17(16)26-3/h4-9,12H,10-11H2,1-3H3,(H,21,25)(H,23,27). The minimum absolute atomic E-state index is 0.114. The molecule has 1 amide bonds. The lowest BCUT2D eigenvalue weighted by Gasteiger charge is -2.12. The van der Waals surface area contributed by atoms with Crippen LogP contribution in [0.15, 0.2) is 42.5 Å². The molecule has 6 nitrogen and oxygen atoms in total. The Balaban J connectivity index is 1.73. The third kappa shape index (κ3) is 4.43. The fourth-order valence-electron chi connectivity index (χ4n) is 2.79. The fraction of sp³-hybridized carbons (Fsp3) is 0.250. The van der Waals surface area contributed by atoms with E-state index in [4.69, 9.17) is 17.0 Å². The number of nitrogens with one attached hydrogen (secondary N) is 2. The summed E-state index contributed by atoms with van der Waals surface area (Å²) < 4.78 is 7.64. The summed E-state index contributed by atoms with van der Waals surface area (Å²) in [6, 6.07) is 13.7. The Kier molecular flexibility index (Phi) is 5.71. The number of carbonyl (C=O) groups excluding carboxylic acids is 1. The molecule has 140 valence electrons. The van der Waals surface area contributed by atoms with Crippen LogP contribution in [-0.4, -0.2) is 27.8 Å². The summed E-state index contributed by atoms with van der Waals surface area (Å²) in [6.07, 6.45) is 0.268. The van der Waals surface area contributed by atoms with Gasteiger partial charge in [-0.15, -0.1) is 0 Å². The maximum Gasteiger partial charge on any atom is 0.226 e. The topological polar surface area (TPSA) is 71.9 Å². The zero-order valence-corrected chi connectivity index (χ0v) is 16.4. The third-order valence-corrected chi connectivity index (χ3v) is 4.57. The van der Waals surface area contributed by atoms with Gasteiger partial charge in [-0.05, 0) is 43.8 Å². The SMILES string of the molecule is COc1ccc(C)cc1NC(=O)CCn1c(-c2ccc(C)cc2)n[nH]c1=S. The number of amides is 1. The minimum Gasteiger partial charge on any atom is -0.495 e. The molecule has 0 aliphatic rings. The maximum atomic E-state index is 12.4. The number of nitrogens with zero attached hydrogens (tertiary/aromatic N) is 2. The van der Waals surface area contributed by atoms with E-state index in [9.17, 15) is 4.79 Å². The van der Waals surface area contributed by atoms with E-state index in [2.05, 4.69) is 15.5 Å². The van der Waals surface area contributed by atoms with E-state index < -0.39 is 0 Å². The molecule has 0 radical (unpaired) electrons. The fourth-order valence-corrected chi connectivity index (χ4v) is 3.02. The molecule has 0 spiro atoms. The number of methoxy groups -OCH3 is 1. The Morgan fingerprint density at radius 3 is 2.59 bits per heavy atom. The maximum absolute atomic E-state index is 12.4. The number of aryl methyl sites for hydroxylation is 2. The van der Waals surface area contributed by atoms with E-state index in [0.29, 0.717) is 22.8 Å². The molecule has 0 unspecified atom stereocenters. The van der Waals surface area contributed by atoms with Crippen molar-refractivity contribution < 1.29 is 9.53 Å². The van der Waals surface area contributed by atoms with Crippen LogP contribution in [0, 0.1) is 18.6 Å². The van der Waals surface area contributed by atoms with Crippen molar-refractivity contribution in [3.63, 3.8) is 0 Å². The number of benzene rings is 2. The summed E-state index contributed by atoms with van der Waals surface area (Å²) in [5.74, 6) is 1.24. The quantitative estimate of drug-likeness (QED) is 0.625. The number of anilines is 1. The van der Waals surface area contributed by atoms with Gasteiger partial charge >= 0.3 is 0 Å². The Morgan fingerprint density at radius 1 is 1.19 bits per heavy atom. The van der Waals surface area contributed by atoms with Crippen LogP contribution in [0.2, 0.25) is 0 Å². The van der Waals surface area contributed by atoms with Gasteiger partial charge in [0.05, 0.1) is 12.8 Å². The molecule has 0 fully saturated rings. The third-order valence-electron chi connectivity index (χ3n) is 4.26. The van der Waals surface area contributed by atoms with Gasteiger partial charge in [-0.2, -0.15) is 5.10 Å². The normalized spacial score (nSPS) is 10.6. The van der Waals surface area contributed by atoms with Crippen molar-refractivity contribution >= 4 is 23.8 Å². The number of hydrogen-bond acceptors (Lipinski definition) is 4. The highest BCUT2D eigenvalue weighted by Crippen LogP contribution is 2.25. The highest BCUT2D eigenvalue weighted by molar-refractivity contribution is 7.71. The number of aromatic amines is 1. The summed E-state index contributed by atoms with van der Waals surface area (Å²) >= 11 is 5.33. The zero-order valence-electron chi connectivity index (χ0n) is 15.6. The molecule has 27 heavy (non-hydrogen) atoms. The van der Waals surface area contributed by atoms with Crippen molar-refractivity contribution in [2.75, 3.05) is 12.4 Å². The van der Waals surface area contributed by atoms with Crippen molar-refractivity contribution in [1.29, 1.82) is 0 Å². The lowest BCUT2D eigenvalue weighted by atomic mass is 10.1. The summed E-state index contributed by atoms with van der Waals surface area (Å²) in [5.41, 5.74) is 3.83. The number of hydrogen-bond donors (Lipinski definition) is 2. The highest BCUT2D eigenvalue weighted by atomic mass is 32.1. The second-order valence-electron chi connectivity index (χ2n) is 6.37. The predicted molar refractivity (Wildman–Crippen MR) is 109 cm³/mol. The smallest absolute Gasteiger partial charge is 0.226 e. The van der Waals surface area contributed by atoms with E-state index in [-0.39, 0.29) is 12.3 Å². The van der Waals surface area contributed by atoms with E-state index in [1.54, 1.807) is 7.11 Å². The molecule has 0 saturated heterocycles. The first-order valence-electron chi connectivity index (χ1n) is 8.64. The Bertz CT molecular complexity index is 1010. The number of aromatic nitrogens is 3. The first-order valence-corrected chi connectivity index (χ1v) is 9.05. The van der Waals surface area contributed by atoms with Crippen LogP contribution in [0.5, 0.6) is 5.75 Å². The molecular weight excluding hydrogens is 360 g/mol. The molecule has 0 aliphatic carbocycles. The number of carbonyl (C=O) groups is 1. The average molecular weight is 382 g/mol. The molecular formula is C20H22N4O2S. The predicted octanol–water partition coefficient (Wildman–Crippen LogP) is 4.26. The van der Waals surface area contributed by atoms with E-state index in [1.807, 2.05) is 60.9 Å². The van der Waals surface area contributed by atoms with Crippen LogP contribution in [0.4, 0.5) is 5.69 Å². The lowest BCUT2D eigenvalue weighted by Crippen LogP contribution is -2.15.